The van der Waals surface area contributed by atoms with Crippen LogP contribution in [0.15, 0.2) is 48.5 Å². The second kappa shape index (κ2) is 7.14. The summed E-state index contributed by atoms with van der Waals surface area (Å²) in [7, 11) is -1.57. The molecule has 0 saturated carbocycles. The first kappa shape index (κ1) is 16.8. The number of benzene rings is 2. The summed E-state index contributed by atoms with van der Waals surface area (Å²) < 4.78 is 0. The molecular formula is C21H20OSi. The van der Waals surface area contributed by atoms with E-state index in [1.165, 1.54) is 5.56 Å². The van der Waals surface area contributed by atoms with E-state index < -0.39 is 8.07 Å². The third-order valence-electron chi connectivity index (χ3n) is 3.08. The molecule has 0 fully saturated rings. The molecule has 2 aromatic rings. The molecule has 0 aliphatic carbocycles. The number of hydrogen-bond acceptors (Lipinski definition) is 1. The number of carbonyl (C=O) groups is 1. The fourth-order valence-corrected chi connectivity index (χ4v) is 2.45. The van der Waals surface area contributed by atoms with Crippen molar-refractivity contribution in [2.75, 3.05) is 0 Å². The zero-order valence-electron chi connectivity index (χ0n) is 14.0. The number of aryl methyl sites for hydroxylation is 1. The average molecular weight is 316 g/mol. The first-order valence-electron chi connectivity index (χ1n) is 7.60. The van der Waals surface area contributed by atoms with Crippen LogP contribution in [0.1, 0.15) is 27.0 Å². The second-order valence-corrected chi connectivity index (χ2v) is 11.2. The van der Waals surface area contributed by atoms with E-state index in [1.807, 2.05) is 49.4 Å². The molecule has 2 aromatic carbocycles. The van der Waals surface area contributed by atoms with Crippen molar-refractivity contribution in [2.24, 2.45) is 0 Å². The monoisotopic (exact) mass is 316 g/mol. The Hall–Kier alpha value is -2.55. The van der Waals surface area contributed by atoms with E-state index in [9.17, 15) is 4.79 Å². The maximum atomic E-state index is 12.4. The van der Waals surface area contributed by atoms with Crippen molar-refractivity contribution in [1.82, 2.24) is 0 Å². The van der Waals surface area contributed by atoms with Gasteiger partial charge in [0, 0.05) is 16.7 Å². The van der Waals surface area contributed by atoms with Crippen molar-refractivity contribution in [3.63, 3.8) is 0 Å². The molecule has 0 amide bonds. The van der Waals surface area contributed by atoms with Gasteiger partial charge in [-0.15, -0.1) is 5.54 Å². The summed E-state index contributed by atoms with van der Waals surface area (Å²) in [5.74, 6) is 8.88. The first-order valence-corrected chi connectivity index (χ1v) is 11.1. The summed E-state index contributed by atoms with van der Waals surface area (Å²) in [6.45, 7) is 8.40. The zero-order valence-corrected chi connectivity index (χ0v) is 15.0. The summed E-state index contributed by atoms with van der Waals surface area (Å²) in [6.07, 6.45) is 0. The molecule has 2 heteroatoms. The van der Waals surface area contributed by atoms with Gasteiger partial charge < -0.3 is 0 Å². The molecule has 0 atom stereocenters. The highest BCUT2D eigenvalue weighted by molar-refractivity contribution is 6.84. The van der Waals surface area contributed by atoms with Crippen molar-refractivity contribution in [3.8, 4) is 23.3 Å². The van der Waals surface area contributed by atoms with Crippen LogP contribution in [0.2, 0.25) is 19.6 Å². The number of rotatable bonds is 1. The van der Waals surface area contributed by atoms with E-state index in [4.69, 9.17) is 0 Å². The normalized spacial score (nSPS) is 10.1. The van der Waals surface area contributed by atoms with Crippen LogP contribution in [0.4, 0.5) is 0 Å². The van der Waals surface area contributed by atoms with Gasteiger partial charge in [-0.2, -0.15) is 0 Å². The summed E-state index contributed by atoms with van der Waals surface area (Å²) >= 11 is 0. The average Bonchev–Trinajstić information content (AvgIpc) is 2.50. The van der Waals surface area contributed by atoms with Crippen molar-refractivity contribution >= 4 is 13.9 Å². The molecule has 1 nitrogen and oxygen atoms in total. The lowest BCUT2D eigenvalue weighted by Crippen LogP contribution is -2.17. The van der Waals surface area contributed by atoms with Crippen LogP contribution in [0.3, 0.4) is 0 Å². The topological polar surface area (TPSA) is 17.1 Å². The smallest absolute Gasteiger partial charge is 0.236 e. The Bertz CT molecular complexity index is 849. The Morgan fingerprint density at radius 2 is 1.70 bits per heavy atom. The van der Waals surface area contributed by atoms with Crippen molar-refractivity contribution < 1.29 is 4.79 Å². The van der Waals surface area contributed by atoms with E-state index in [-0.39, 0.29) is 5.78 Å². The molecule has 23 heavy (non-hydrogen) atoms. The van der Waals surface area contributed by atoms with Crippen LogP contribution in [0.25, 0.3) is 0 Å². The van der Waals surface area contributed by atoms with Crippen LogP contribution in [0.5, 0.6) is 0 Å². The molecule has 0 unspecified atom stereocenters. The molecule has 0 radical (unpaired) electrons. The van der Waals surface area contributed by atoms with E-state index in [1.54, 1.807) is 6.07 Å². The molecule has 0 saturated heterocycles. The molecule has 0 aliphatic heterocycles. The SMILES string of the molecule is Cc1cccc(C#Cc2ccccc2C(=O)C#C[Si](C)(C)C)c1. The van der Waals surface area contributed by atoms with Gasteiger partial charge in [0.25, 0.3) is 0 Å². The Morgan fingerprint density at radius 3 is 2.39 bits per heavy atom. The summed E-state index contributed by atoms with van der Waals surface area (Å²) in [5.41, 5.74) is 6.54. The second-order valence-electron chi connectivity index (χ2n) is 6.49. The minimum Gasteiger partial charge on any atom is -0.279 e. The van der Waals surface area contributed by atoms with Crippen molar-refractivity contribution in [3.05, 3.63) is 70.8 Å². The number of carbonyl (C=O) groups excluding carboxylic acids is 1. The third-order valence-corrected chi connectivity index (χ3v) is 3.96. The molecule has 0 N–H and O–H groups in total. The van der Waals surface area contributed by atoms with Crippen LogP contribution < -0.4 is 0 Å². The Labute approximate surface area is 139 Å². The number of Topliss-reactive ketones (excluding diaryl/α,β-unsaturated/α-hetero) is 1. The lowest BCUT2D eigenvalue weighted by Gasteiger charge is -2.03. The molecule has 0 spiro atoms. The maximum Gasteiger partial charge on any atom is 0.236 e. The maximum absolute atomic E-state index is 12.4. The van der Waals surface area contributed by atoms with Gasteiger partial charge in [0.1, 0.15) is 8.07 Å². The molecule has 0 heterocycles. The van der Waals surface area contributed by atoms with Crippen molar-refractivity contribution in [2.45, 2.75) is 26.6 Å². The minimum absolute atomic E-state index is 0.151. The van der Waals surface area contributed by atoms with Gasteiger partial charge in [0.2, 0.25) is 5.78 Å². The molecule has 114 valence electrons. The van der Waals surface area contributed by atoms with Crippen LogP contribution in [-0.4, -0.2) is 13.9 Å². The Balaban J connectivity index is 2.35. The van der Waals surface area contributed by atoms with E-state index >= 15 is 0 Å². The van der Waals surface area contributed by atoms with Crippen molar-refractivity contribution in [1.29, 1.82) is 0 Å². The quantitative estimate of drug-likeness (QED) is 0.431. The molecular weight excluding hydrogens is 296 g/mol. The predicted octanol–water partition coefficient (Wildman–Crippen LogP) is 4.46. The summed E-state index contributed by atoms with van der Waals surface area (Å²) in [5, 5.41) is 0. The summed E-state index contributed by atoms with van der Waals surface area (Å²) in [6, 6.07) is 15.4. The fourth-order valence-electron chi connectivity index (χ4n) is 1.96. The van der Waals surface area contributed by atoms with Gasteiger partial charge in [0.15, 0.2) is 0 Å². The standard InChI is InChI=1S/C21H20OSi/c1-17-8-7-9-18(16-17)12-13-19-10-5-6-11-20(19)21(22)14-15-23(2,3)4/h5-11,16H,1-4H3. The lowest BCUT2D eigenvalue weighted by atomic mass is 10.0. The molecule has 0 aliphatic rings. The summed E-state index contributed by atoms with van der Waals surface area (Å²) in [4.78, 5) is 12.4. The predicted molar refractivity (Wildman–Crippen MR) is 99.1 cm³/mol. The lowest BCUT2D eigenvalue weighted by molar-refractivity contribution is 0.105. The zero-order chi connectivity index (χ0) is 16.9. The largest absolute Gasteiger partial charge is 0.279 e. The fraction of sp³-hybridized carbons (Fsp3) is 0.190. The molecule has 2 rings (SSSR count). The Morgan fingerprint density at radius 1 is 0.957 bits per heavy atom. The van der Waals surface area contributed by atoms with E-state index in [0.29, 0.717) is 5.56 Å². The van der Waals surface area contributed by atoms with E-state index in [0.717, 1.165) is 11.1 Å². The van der Waals surface area contributed by atoms with Crippen LogP contribution >= 0.6 is 0 Å². The number of ketones is 1. The highest BCUT2D eigenvalue weighted by Gasteiger charge is 2.11. The molecule has 0 aromatic heterocycles. The van der Waals surface area contributed by atoms with Gasteiger partial charge in [-0.05, 0) is 42.7 Å². The third kappa shape index (κ3) is 5.29. The van der Waals surface area contributed by atoms with Gasteiger partial charge >= 0.3 is 0 Å². The van der Waals surface area contributed by atoms with Gasteiger partial charge in [-0.1, -0.05) is 55.7 Å². The van der Waals surface area contributed by atoms with Crippen LogP contribution in [-0.2, 0) is 0 Å². The highest BCUT2D eigenvalue weighted by atomic mass is 28.3. The van der Waals surface area contributed by atoms with Crippen LogP contribution in [0, 0.1) is 30.2 Å². The van der Waals surface area contributed by atoms with Gasteiger partial charge in [0.05, 0.1) is 0 Å². The highest BCUT2D eigenvalue weighted by Crippen LogP contribution is 2.09. The van der Waals surface area contributed by atoms with Gasteiger partial charge in [-0.3, -0.25) is 4.79 Å². The minimum atomic E-state index is -1.57. The molecule has 0 bridgehead atoms. The van der Waals surface area contributed by atoms with Gasteiger partial charge in [-0.25, -0.2) is 0 Å². The first-order chi connectivity index (χ1) is 10.8. The Kier molecular flexibility index (Phi) is 5.22. The van der Waals surface area contributed by atoms with E-state index in [2.05, 4.69) is 42.9 Å². The number of hydrogen-bond donors (Lipinski definition) is 0.